The van der Waals surface area contributed by atoms with Crippen LogP contribution in [-0.2, 0) is 0 Å². The van der Waals surface area contributed by atoms with E-state index in [-0.39, 0.29) is 5.38 Å². The second kappa shape index (κ2) is 3.36. The van der Waals surface area contributed by atoms with Crippen LogP contribution in [0.3, 0.4) is 0 Å². The maximum Gasteiger partial charge on any atom is 0.206 e. The third-order valence-corrected chi connectivity index (χ3v) is 2.47. The summed E-state index contributed by atoms with van der Waals surface area (Å²) in [6, 6.07) is 0. The Balaban J connectivity index is 3.62. The standard InChI is InChI=1S/C4H6Cl4/c1-2-3(5)4(6,7)8/h3H,2H2,1H3. The Bertz CT molecular complexity index is 64.9. The van der Waals surface area contributed by atoms with Gasteiger partial charge in [-0.1, -0.05) is 41.7 Å². The summed E-state index contributed by atoms with van der Waals surface area (Å²) >= 11 is 21.7. The molecule has 0 aliphatic heterocycles. The molecule has 0 rings (SSSR count). The number of rotatable bonds is 1. The van der Waals surface area contributed by atoms with Crippen LogP contribution >= 0.6 is 46.4 Å². The lowest BCUT2D eigenvalue weighted by atomic mass is 10.4. The highest BCUT2D eigenvalue weighted by atomic mass is 35.6. The van der Waals surface area contributed by atoms with Gasteiger partial charge in [0.25, 0.3) is 0 Å². The zero-order valence-corrected chi connectivity index (χ0v) is 7.32. The van der Waals surface area contributed by atoms with Crippen molar-refractivity contribution in [3.05, 3.63) is 0 Å². The molecule has 0 N–H and O–H groups in total. The highest BCUT2D eigenvalue weighted by molar-refractivity contribution is 6.70. The molecule has 1 atom stereocenters. The van der Waals surface area contributed by atoms with Crippen molar-refractivity contribution in [3.63, 3.8) is 0 Å². The van der Waals surface area contributed by atoms with Crippen molar-refractivity contribution in [1.82, 2.24) is 0 Å². The summed E-state index contributed by atoms with van der Waals surface area (Å²) in [5.41, 5.74) is 0. The van der Waals surface area contributed by atoms with Crippen molar-refractivity contribution in [2.45, 2.75) is 22.5 Å². The van der Waals surface area contributed by atoms with E-state index in [0.29, 0.717) is 6.42 Å². The molecule has 0 aliphatic carbocycles. The first-order valence-electron chi connectivity index (χ1n) is 2.19. The summed E-state index contributed by atoms with van der Waals surface area (Å²) < 4.78 is -1.31. The van der Waals surface area contributed by atoms with Crippen LogP contribution in [-0.4, -0.2) is 9.17 Å². The van der Waals surface area contributed by atoms with Crippen LogP contribution in [0.2, 0.25) is 0 Å². The molecule has 0 radical (unpaired) electrons. The first kappa shape index (κ1) is 9.16. The number of alkyl halides is 4. The molecular formula is C4H6Cl4. The van der Waals surface area contributed by atoms with Crippen LogP contribution in [0.25, 0.3) is 0 Å². The number of halogens is 4. The first-order chi connectivity index (χ1) is 3.48. The van der Waals surface area contributed by atoms with Crippen LogP contribution in [0.1, 0.15) is 13.3 Å². The average molecular weight is 196 g/mol. The predicted octanol–water partition coefficient (Wildman–Crippen LogP) is 3.37. The summed E-state index contributed by atoms with van der Waals surface area (Å²) in [5.74, 6) is 0. The maximum absolute atomic E-state index is 5.55. The van der Waals surface area contributed by atoms with E-state index < -0.39 is 3.79 Å². The Morgan fingerprint density at radius 1 is 1.38 bits per heavy atom. The Kier molecular flexibility index (Phi) is 3.85. The van der Waals surface area contributed by atoms with Crippen molar-refractivity contribution in [2.75, 3.05) is 0 Å². The van der Waals surface area contributed by atoms with Gasteiger partial charge in [-0.25, -0.2) is 0 Å². The zero-order chi connectivity index (χ0) is 6.78. The summed E-state index contributed by atoms with van der Waals surface area (Å²) in [7, 11) is 0. The second-order valence-corrected chi connectivity index (χ2v) is 4.31. The van der Waals surface area contributed by atoms with Gasteiger partial charge in [0.05, 0.1) is 5.38 Å². The van der Waals surface area contributed by atoms with E-state index in [1.807, 2.05) is 6.92 Å². The summed E-state index contributed by atoms with van der Waals surface area (Å²) in [6.45, 7) is 1.86. The van der Waals surface area contributed by atoms with Gasteiger partial charge in [0, 0.05) is 0 Å². The topological polar surface area (TPSA) is 0 Å². The molecule has 0 amide bonds. The molecule has 0 saturated carbocycles. The van der Waals surface area contributed by atoms with E-state index in [0.717, 1.165) is 0 Å². The molecule has 0 aromatic rings. The minimum absolute atomic E-state index is 0.382. The molecule has 0 aliphatic rings. The SMILES string of the molecule is CCC(Cl)C(Cl)(Cl)Cl. The van der Waals surface area contributed by atoms with E-state index in [1.165, 1.54) is 0 Å². The molecule has 0 aromatic carbocycles. The molecule has 0 bridgehead atoms. The highest BCUT2D eigenvalue weighted by Gasteiger charge is 2.28. The van der Waals surface area contributed by atoms with Gasteiger partial charge < -0.3 is 0 Å². The van der Waals surface area contributed by atoms with Crippen molar-refractivity contribution in [2.24, 2.45) is 0 Å². The Morgan fingerprint density at radius 2 is 1.75 bits per heavy atom. The van der Waals surface area contributed by atoms with Crippen molar-refractivity contribution >= 4 is 46.4 Å². The fourth-order valence-corrected chi connectivity index (χ4v) is 0.694. The van der Waals surface area contributed by atoms with E-state index in [1.54, 1.807) is 0 Å². The van der Waals surface area contributed by atoms with Gasteiger partial charge in [-0.05, 0) is 6.42 Å². The molecule has 0 aromatic heterocycles. The molecule has 0 heterocycles. The zero-order valence-electron chi connectivity index (χ0n) is 4.30. The minimum atomic E-state index is -1.31. The molecule has 0 spiro atoms. The summed E-state index contributed by atoms with van der Waals surface area (Å²) in [4.78, 5) is 0. The Labute approximate surface area is 69.0 Å². The Morgan fingerprint density at radius 3 is 1.75 bits per heavy atom. The van der Waals surface area contributed by atoms with Crippen LogP contribution in [0, 0.1) is 0 Å². The van der Waals surface area contributed by atoms with Crippen LogP contribution in [0.15, 0.2) is 0 Å². The molecule has 4 heteroatoms. The lowest BCUT2D eigenvalue weighted by Crippen LogP contribution is -2.17. The molecule has 0 fully saturated rings. The van der Waals surface area contributed by atoms with Gasteiger partial charge >= 0.3 is 0 Å². The van der Waals surface area contributed by atoms with Gasteiger partial charge in [-0.3, -0.25) is 0 Å². The molecule has 0 nitrogen and oxygen atoms in total. The molecular weight excluding hydrogens is 190 g/mol. The maximum atomic E-state index is 5.55. The second-order valence-electron chi connectivity index (χ2n) is 1.42. The van der Waals surface area contributed by atoms with Gasteiger partial charge in [0.2, 0.25) is 3.79 Å². The Hall–Kier alpha value is 1.16. The van der Waals surface area contributed by atoms with Gasteiger partial charge in [0.1, 0.15) is 0 Å². The van der Waals surface area contributed by atoms with Crippen LogP contribution < -0.4 is 0 Å². The van der Waals surface area contributed by atoms with E-state index in [2.05, 4.69) is 0 Å². The molecule has 1 unspecified atom stereocenters. The van der Waals surface area contributed by atoms with Crippen LogP contribution in [0.5, 0.6) is 0 Å². The van der Waals surface area contributed by atoms with Crippen LogP contribution in [0.4, 0.5) is 0 Å². The third kappa shape index (κ3) is 3.24. The molecule has 50 valence electrons. The van der Waals surface area contributed by atoms with E-state index >= 15 is 0 Å². The van der Waals surface area contributed by atoms with Gasteiger partial charge in [-0.2, -0.15) is 0 Å². The van der Waals surface area contributed by atoms with Gasteiger partial charge in [-0.15, -0.1) is 11.6 Å². The number of hydrogen-bond donors (Lipinski definition) is 0. The smallest absolute Gasteiger partial charge is 0.118 e. The van der Waals surface area contributed by atoms with Crippen molar-refractivity contribution in [1.29, 1.82) is 0 Å². The van der Waals surface area contributed by atoms with Crippen molar-refractivity contribution in [3.8, 4) is 0 Å². The summed E-state index contributed by atoms with van der Waals surface area (Å²) in [6.07, 6.45) is 0.665. The predicted molar refractivity (Wildman–Crippen MR) is 40.2 cm³/mol. The monoisotopic (exact) mass is 194 g/mol. The lowest BCUT2D eigenvalue weighted by molar-refractivity contribution is 0.833. The van der Waals surface area contributed by atoms with Crippen molar-refractivity contribution < 1.29 is 0 Å². The fourth-order valence-electron chi connectivity index (χ4n) is 0.231. The lowest BCUT2D eigenvalue weighted by Gasteiger charge is -2.14. The number of hydrogen-bond acceptors (Lipinski definition) is 0. The third-order valence-electron chi connectivity index (χ3n) is 0.714. The molecule has 8 heavy (non-hydrogen) atoms. The average Bonchev–Trinajstić information content (AvgIpc) is 1.62. The largest absolute Gasteiger partial charge is 0.206 e. The normalized spacial score (nSPS) is 16.1. The molecule has 0 saturated heterocycles. The first-order valence-corrected chi connectivity index (χ1v) is 3.76. The van der Waals surface area contributed by atoms with Gasteiger partial charge in [0.15, 0.2) is 0 Å². The minimum Gasteiger partial charge on any atom is -0.118 e. The quantitative estimate of drug-likeness (QED) is 0.563. The summed E-state index contributed by atoms with van der Waals surface area (Å²) in [5, 5.41) is -0.382. The fraction of sp³-hybridized carbons (Fsp3) is 1.00. The van der Waals surface area contributed by atoms with E-state index in [9.17, 15) is 0 Å². The van der Waals surface area contributed by atoms with E-state index in [4.69, 9.17) is 46.4 Å². The highest BCUT2D eigenvalue weighted by Crippen LogP contribution is 2.35.